The Kier molecular flexibility index (Phi) is 4.12. The Labute approximate surface area is 126 Å². The van der Waals surface area contributed by atoms with E-state index in [2.05, 4.69) is 15.5 Å². The Morgan fingerprint density at radius 1 is 1.05 bits per heavy atom. The first-order valence-electron chi connectivity index (χ1n) is 6.37. The van der Waals surface area contributed by atoms with Crippen LogP contribution in [-0.2, 0) is 0 Å². The molecule has 0 bridgehead atoms. The number of hydrogen-bond donors (Lipinski definition) is 1. The summed E-state index contributed by atoms with van der Waals surface area (Å²) in [5.74, 6) is -0.256. The third-order valence-electron chi connectivity index (χ3n) is 2.83. The third kappa shape index (κ3) is 3.58. The Balaban J connectivity index is 1.65. The summed E-state index contributed by atoms with van der Waals surface area (Å²) in [7, 11) is 0. The minimum absolute atomic E-state index is 0.256. The Hall–Kier alpha value is -2.40. The average Bonchev–Trinajstić information content (AvgIpc) is 2.56. The summed E-state index contributed by atoms with van der Waals surface area (Å²) in [6.07, 6.45) is 1.66. The second-order valence-electron chi connectivity index (χ2n) is 4.33. The molecule has 1 aliphatic rings. The van der Waals surface area contributed by atoms with E-state index in [1.807, 2.05) is 35.7 Å². The van der Waals surface area contributed by atoms with E-state index < -0.39 is 0 Å². The van der Waals surface area contributed by atoms with E-state index in [0.29, 0.717) is 5.17 Å². The molecule has 0 amide bonds. The van der Waals surface area contributed by atoms with Gasteiger partial charge in [0.1, 0.15) is 5.82 Å². The van der Waals surface area contributed by atoms with Gasteiger partial charge in [-0.3, -0.25) is 5.43 Å². The minimum Gasteiger partial charge on any atom is -0.275 e. The number of rotatable bonds is 2. The number of benzene rings is 2. The zero-order chi connectivity index (χ0) is 14.5. The highest BCUT2D eigenvalue weighted by Crippen LogP contribution is 2.21. The van der Waals surface area contributed by atoms with Crippen LogP contribution in [0.15, 0.2) is 70.1 Å². The van der Waals surface area contributed by atoms with Gasteiger partial charge in [0.05, 0.1) is 5.70 Å². The van der Waals surface area contributed by atoms with Gasteiger partial charge in [-0.2, -0.15) is 0 Å². The second-order valence-corrected chi connectivity index (χ2v) is 5.17. The van der Waals surface area contributed by atoms with E-state index in [-0.39, 0.29) is 5.82 Å². The van der Waals surface area contributed by atoms with Gasteiger partial charge in [-0.1, -0.05) is 54.2 Å². The van der Waals surface area contributed by atoms with E-state index in [1.165, 1.54) is 23.9 Å². The monoisotopic (exact) mass is 297 g/mol. The molecule has 0 spiro atoms. The molecule has 0 aromatic heterocycles. The lowest BCUT2D eigenvalue weighted by atomic mass is 10.2. The van der Waals surface area contributed by atoms with Crippen molar-refractivity contribution in [3.8, 4) is 0 Å². The van der Waals surface area contributed by atoms with E-state index in [4.69, 9.17) is 0 Å². The van der Waals surface area contributed by atoms with Crippen molar-refractivity contribution >= 4 is 28.8 Å². The van der Waals surface area contributed by atoms with Crippen LogP contribution < -0.4 is 5.43 Å². The van der Waals surface area contributed by atoms with E-state index >= 15 is 0 Å². The number of amidine groups is 1. The van der Waals surface area contributed by atoms with Gasteiger partial charge < -0.3 is 0 Å². The molecule has 0 unspecified atom stereocenters. The van der Waals surface area contributed by atoms with Gasteiger partial charge in [-0.15, -0.1) is 5.10 Å². The van der Waals surface area contributed by atoms with Crippen LogP contribution in [0.25, 0.3) is 5.70 Å². The maximum atomic E-state index is 12.8. The highest BCUT2D eigenvalue weighted by Gasteiger charge is 2.07. The Morgan fingerprint density at radius 3 is 2.48 bits per heavy atom. The molecule has 1 aliphatic heterocycles. The zero-order valence-corrected chi connectivity index (χ0v) is 11.8. The summed E-state index contributed by atoms with van der Waals surface area (Å²) in [4.78, 5) is 4.27. The van der Waals surface area contributed by atoms with Crippen LogP contribution in [0.3, 0.4) is 0 Å². The first kappa shape index (κ1) is 13.6. The van der Waals surface area contributed by atoms with Crippen molar-refractivity contribution in [1.82, 2.24) is 5.43 Å². The minimum atomic E-state index is -0.256. The van der Waals surface area contributed by atoms with Gasteiger partial charge in [-0.25, -0.2) is 9.38 Å². The highest BCUT2D eigenvalue weighted by molar-refractivity contribution is 8.16. The van der Waals surface area contributed by atoms with Crippen molar-refractivity contribution in [1.29, 1.82) is 0 Å². The maximum Gasteiger partial charge on any atom is 0.210 e. The number of nitrogens with one attached hydrogen (secondary N) is 1. The molecule has 2 aromatic carbocycles. The van der Waals surface area contributed by atoms with Crippen molar-refractivity contribution in [3.05, 3.63) is 76.9 Å². The molecule has 3 rings (SSSR count). The van der Waals surface area contributed by atoms with Crippen LogP contribution in [0.1, 0.15) is 11.1 Å². The number of hydrazone groups is 1. The molecule has 2 aromatic rings. The summed E-state index contributed by atoms with van der Waals surface area (Å²) in [6, 6.07) is 16.1. The zero-order valence-electron chi connectivity index (χ0n) is 11.0. The fraction of sp³-hybridized carbons (Fsp3) is 0. The van der Waals surface area contributed by atoms with Crippen LogP contribution in [-0.4, -0.2) is 11.4 Å². The van der Waals surface area contributed by atoms with E-state index in [0.717, 1.165) is 16.8 Å². The van der Waals surface area contributed by atoms with Gasteiger partial charge in [0.25, 0.3) is 0 Å². The molecule has 3 nitrogen and oxygen atoms in total. The molecule has 1 N–H and O–H groups in total. The number of aliphatic imine (C=N–C) groups is 1. The topological polar surface area (TPSA) is 36.8 Å². The largest absolute Gasteiger partial charge is 0.275 e. The van der Waals surface area contributed by atoms with Crippen LogP contribution in [0, 0.1) is 5.82 Å². The fourth-order valence-corrected chi connectivity index (χ4v) is 2.38. The van der Waals surface area contributed by atoms with Gasteiger partial charge in [0.15, 0.2) is 0 Å². The van der Waals surface area contributed by atoms with E-state index in [9.17, 15) is 4.39 Å². The third-order valence-corrected chi connectivity index (χ3v) is 3.59. The SMILES string of the molecule is Fc1ccc(C=NC2=NNC(c3ccccc3)=CS2)cc1. The molecule has 0 saturated heterocycles. The van der Waals surface area contributed by atoms with Crippen molar-refractivity contribution in [3.63, 3.8) is 0 Å². The number of halogens is 1. The molecule has 0 aliphatic carbocycles. The molecule has 104 valence electrons. The quantitative estimate of drug-likeness (QED) is 0.855. The van der Waals surface area contributed by atoms with Crippen molar-refractivity contribution in [2.24, 2.45) is 10.1 Å². The molecule has 0 fully saturated rings. The predicted octanol–water partition coefficient (Wildman–Crippen LogP) is 3.85. The molecular weight excluding hydrogens is 285 g/mol. The average molecular weight is 297 g/mol. The lowest BCUT2D eigenvalue weighted by Crippen LogP contribution is -2.10. The Bertz CT molecular complexity index is 706. The number of nitrogens with zero attached hydrogens (tertiary/aromatic N) is 2. The standard InChI is InChI=1S/C16H12FN3S/c17-14-8-6-12(7-9-14)10-18-16-20-19-15(11-21-16)13-4-2-1-3-5-13/h1-11,19H. The van der Waals surface area contributed by atoms with Crippen molar-refractivity contribution in [2.75, 3.05) is 0 Å². The van der Waals surface area contributed by atoms with Crippen LogP contribution >= 0.6 is 11.8 Å². The summed E-state index contributed by atoms with van der Waals surface area (Å²) in [6.45, 7) is 0. The molecule has 21 heavy (non-hydrogen) atoms. The molecule has 5 heteroatoms. The number of thioether (sulfide) groups is 1. The molecule has 0 atom stereocenters. The summed E-state index contributed by atoms with van der Waals surface area (Å²) >= 11 is 1.44. The van der Waals surface area contributed by atoms with Crippen molar-refractivity contribution in [2.45, 2.75) is 0 Å². The number of hydrogen-bond acceptors (Lipinski definition) is 4. The van der Waals surface area contributed by atoms with Crippen LogP contribution in [0.2, 0.25) is 0 Å². The van der Waals surface area contributed by atoms with Crippen LogP contribution in [0.5, 0.6) is 0 Å². The lowest BCUT2D eigenvalue weighted by molar-refractivity contribution is 0.628. The molecule has 1 heterocycles. The normalized spacial score (nSPS) is 14.5. The maximum absolute atomic E-state index is 12.8. The Morgan fingerprint density at radius 2 is 1.81 bits per heavy atom. The van der Waals surface area contributed by atoms with Crippen LogP contribution in [0.4, 0.5) is 4.39 Å². The van der Waals surface area contributed by atoms with Gasteiger partial charge in [-0.05, 0) is 17.7 Å². The van der Waals surface area contributed by atoms with Gasteiger partial charge in [0.2, 0.25) is 5.17 Å². The second kappa shape index (κ2) is 6.37. The van der Waals surface area contributed by atoms with Crippen molar-refractivity contribution < 1.29 is 4.39 Å². The van der Waals surface area contributed by atoms with Gasteiger partial charge in [0, 0.05) is 17.2 Å². The van der Waals surface area contributed by atoms with Gasteiger partial charge >= 0.3 is 0 Å². The highest BCUT2D eigenvalue weighted by atomic mass is 32.2. The first-order chi connectivity index (χ1) is 10.3. The molecule has 0 saturated carbocycles. The first-order valence-corrected chi connectivity index (χ1v) is 7.25. The predicted molar refractivity (Wildman–Crippen MR) is 86.6 cm³/mol. The molecular formula is C16H12FN3S. The van der Waals surface area contributed by atoms with E-state index in [1.54, 1.807) is 18.3 Å². The summed E-state index contributed by atoms with van der Waals surface area (Å²) < 4.78 is 12.8. The summed E-state index contributed by atoms with van der Waals surface area (Å²) in [5, 5.41) is 6.79. The fourth-order valence-electron chi connectivity index (χ4n) is 1.76. The molecule has 0 radical (unpaired) electrons. The lowest BCUT2D eigenvalue weighted by Gasteiger charge is -2.11. The smallest absolute Gasteiger partial charge is 0.210 e. The summed E-state index contributed by atoms with van der Waals surface area (Å²) in [5.41, 5.74) is 5.84.